The molecule has 0 unspecified atom stereocenters. The fraction of sp³-hybridized carbons (Fsp3) is 0.0667. The van der Waals surface area contributed by atoms with E-state index < -0.39 is 0 Å². The first-order chi connectivity index (χ1) is 10.5. The normalized spacial score (nSPS) is 11.6. The fourth-order valence-corrected chi connectivity index (χ4v) is 2.94. The molecular formula is C15H10BrCl2N3O. The molecule has 0 saturated heterocycles. The van der Waals surface area contributed by atoms with Gasteiger partial charge in [-0.15, -0.1) is 0 Å². The first kappa shape index (κ1) is 15.3. The van der Waals surface area contributed by atoms with Crippen molar-refractivity contribution in [1.29, 1.82) is 0 Å². The number of fused-ring (bicyclic) bond motifs is 1. The Labute approximate surface area is 145 Å². The second-order valence-corrected chi connectivity index (χ2v) is 6.45. The van der Waals surface area contributed by atoms with Gasteiger partial charge < -0.3 is 9.67 Å². The van der Waals surface area contributed by atoms with E-state index >= 15 is 0 Å². The van der Waals surface area contributed by atoms with E-state index in [1.807, 2.05) is 29.8 Å². The first-order valence-electron chi connectivity index (χ1n) is 6.30. The van der Waals surface area contributed by atoms with Crippen molar-refractivity contribution in [2.75, 3.05) is 0 Å². The van der Waals surface area contributed by atoms with Gasteiger partial charge in [-0.05, 0) is 30.3 Å². The average Bonchev–Trinajstić information content (AvgIpc) is 2.78. The van der Waals surface area contributed by atoms with Gasteiger partial charge in [-0.2, -0.15) is 0 Å². The van der Waals surface area contributed by atoms with Gasteiger partial charge in [-0.1, -0.05) is 39.1 Å². The van der Waals surface area contributed by atoms with Crippen LogP contribution < -0.4 is 0 Å². The van der Waals surface area contributed by atoms with Gasteiger partial charge >= 0.3 is 0 Å². The third kappa shape index (κ3) is 2.84. The molecule has 0 aliphatic heterocycles. The fourth-order valence-electron chi connectivity index (χ4n) is 2.08. The summed E-state index contributed by atoms with van der Waals surface area (Å²) in [7, 11) is 1.87. The summed E-state index contributed by atoms with van der Waals surface area (Å²) in [6.07, 6.45) is 1.49. The summed E-state index contributed by atoms with van der Waals surface area (Å²) in [5.74, 6) is 0.458. The predicted octanol–water partition coefficient (Wildman–Crippen LogP) is 5.10. The second-order valence-electron chi connectivity index (χ2n) is 4.69. The number of imidazole rings is 1. The highest BCUT2D eigenvalue weighted by Gasteiger charge is 2.09. The summed E-state index contributed by atoms with van der Waals surface area (Å²) in [5, 5.41) is 10.5. The molecule has 1 heterocycles. The van der Waals surface area contributed by atoms with Gasteiger partial charge in [-0.25, -0.2) is 9.98 Å². The largest absolute Gasteiger partial charge is 0.506 e. The molecule has 0 saturated carbocycles. The van der Waals surface area contributed by atoms with E-state index in [0.29, 0.717) is 16.5 Å². The average molecular weight is 399 g/mol. The molecule has 0 spiro atoms. The number of rotatable bonds is 2. The van der Waals surface area contributed by atoms with Gasteiger partial charge in [0.25, 0.3) is 0 Å². The Kier molecular flexibility index (Phi) is 4.12. The van der Waals surface area contributed by atoms with E-state index in [1.54, 1.807) is 6.07 Å². The lowest BCUT2D eigenvalue weighted by atomic mass is 10.2. The second kappa shape index (κ2) is 5.91. The molecule has 112 valence electrons. The molecule has 3 aromatic rings. The molecular weight excluding hydrogens is 389 g/mol. The Balaban J connectivity index is 2.05. The maximum atomic E-state index is 9.93. The molecule has 22 heavy (non-hydrogen) atoms. The molecule has 2 aromatic carbocycles. The van der Waals surface area contributed by atoms with Crippen molar-refractivity contribution < 1.29 is 5.11 Å². The van der Waals surface area contributed by atoms with Crippen molar-refractivity contribution in [3.05, 3.63) is 50.4 Å². The molecule has 0 amide bonds. The Morgan fingerprint density at radius 2 is 2.05 bits per heavy atom. The van der Waals surface area contributed by atoms with Gasteiger partial charge in [0, 0.05) is 28.3 Å². The molecule has 1 aromatic heterocycles. The molecule has 7 heteroatoms. The summed E-state index contributed by atoms with van der Waals surface area (Å²) in [6, 6.07) is 8.86. The number of aliphatic imine (C=N–C) groups is 1. The molecule has 0 fully saturated rings. The Morgan fingerprint density at radius 3 is 2.82 bits per heavy atom. The van der Waals surface area contributed by atoms with Gasteiger partial charge in [0.05, 0.1) is 16.1 Å². The van der Waals surface area contributed by atoms with Crippen LogP contribution in [0.3, 0.4) is 0 Å². The first-order valence-corrected chi connectivity index (χ1v) is 7.84. The molecule has 4 nitrogen and oxygen atoms in total. The van der Waals surface area contributed by atoms with Crippen LogP contribution in [0.2, 0.25) is 10.0 Å². The molecule has 0 aliphatic carbocycles. The maximum absolute atomic E-state index is 9.93. The Bertz CT molecular complexity index is 905. The van der Waals surface area contributed by atoms with Gasteiger partial charge in [0.15, 0.2) is 0 Å². The Hall–Kier alpha value is -1.56. The molecule has 3 rings (SSSR count). The summed E-state index contributed by atoms with van der Waals surface area (Å²) in [5.41, 5.74) is 2.23. The monoisotopic (exact) mass is 397 g/mol. The van der Waals surface area contributed by atoms with Gasteiger partial charge in [0.2, 0.25) is 5.95 Å². The van der Waals surface area contributed by atoms with Crippen LogP contribution >= 0.6 is 39.1 Å². The van der Waals surface area contributed by atoms with Gasteiger partial charge in [-0.3, -0.25) is 0 Å². The van der Waals surface area contributed by atoms with E-state index in [1.165, 1.54) is 12.3 Å². The number of halogens is 3. The van der Waals surface area contributed by atoms with Crippen LogP contribution in [-0.4, -0.2) is 20.9 Å². The number of benzene rings is 2. The van der Waals surface area contributed by atoms with Crippen LogP contribution in [0.1, 0.15) is 5.56 Å². The van der Waals surface area contributed by atoms with Crippen LogP contribution in [0.4, 0.5) is 5.95 Å². The van der Waals surface area contributed by atoms with E-state index in [-0.39, 0.29) is 10.8 Å². The van der Waals surface area contributed by atoms with Crippen LogP contribution in [0.5, 0.6) is 5.75 Å². The highest BCUT2D eigenvalue weighted by atomic mass is 79.9. The lowest BCUT2D eigenvalue weighted by Gasteiger charge is -2.02. The summed E-state index contributed by atoms with van der Waals surface area (Å²) < 4.78 is 2.83. The summed E-state index contributed by atoms with van der Waals surface area (Å²) in [4.78, 5) is 8.76. The minimum Gasteiger partial charge on any atom is -0.506 e. The number of aryl methyl sites for hydroxylation is 1. The molecule has 0 radical (unpaired) electrons. The smallest absolute Gasteiger partial charge is 0.230 e. The quantitative estimate of drug-likeness (QED) is 0.610. The van der Waals surface area contributed by atoms with Crippen molar-refractivity contribution in [2.24, 2.45) is 12.0 Å². The molecule has 1 N–H and O–H groups in total. The molecule has 0 aliphatic rings. The van der Waals surface area contributed by atoms with Crippen molar-refractivity contribution in [1.82, 2.24) is 9.55 Å². The minimum atomic E-state index is -0.0590. The number of aromatic nitrogens is 2. The van der Waals surface area contributed by atoms with E-state index in [0.717, 1.165) is 15.5 Å². The van der Waals surface area contributed by atoms with E-state index in [9.17, 15) is 5.11 Å². The number of phenolic OH excluding ortho intramolecular Hbond substituents is 1. The lowest BCUT2D eigenvalue weighted by molar-refractivity contribution is 0.475. The number of phenols is 1. The van der Waals surface area contributed by atoms with Crippen LogP contribution in [0.25, 0.3) is 11.0 Å². The number of aromatic hydroxyl groups is 1. The molecule has 0 bridgehead atoms. The number of nitrogens with zero attached hydrogens (tertiary/aromatic N) is 3. The van der Waals surface area contributed by atoms with Crippen molar-refractivity contribution in [3.8, 4) is 5.75 Å². The zero-order valence-electron chi connectivity index (χ0n) is 11.4. The topological polar surface area (TPSA) is 50.4 Å². The highest BCUT2D eigenvalue weighted by molar-refractivity contribution is 9.10. The maximum Gasteiger partial charge on any atom is 0.230 e. The summed E-state index contributed by atoms with van der Waals surface area (Å²) >= 11 is 15.3. The van der Waals surface area contributed by atoms with Crippen LogP contribution in [0.15, 0.2) is 39.8 Å². The van der Waals surface area contributed by atoms with Crippen LogP contribution in [-0.2, 0) is 7.05 Å². The minimum absolute atomic E-state index is 0.0590. The molecule has 0 atom stereocenters. The van der Waals surface area contributed by atoms with Crippen molar-refractivity contribution in [2.45, 2.75) is 0 Å². The lowest BCUT2D eigenvalue weighted by Crippen LogP contribution is -1.89. The highest BCUT2D eigenvalue weighted by Crippen LogP contribution is 2.30. The van der Waals surface area contributed by atoms with E-state index in [4.69, 9.17) is 23.2 Å². The van der Waals surface area contributed by atoms with Gasteiger partial charge in [0.1, 0.15) is 5.75 Å². The third-order valence-electron chi connectivity index (χ3n) is 3.20. The number of hydrogen-bond donors (Lipinski definition) is 1. The van der Waals surface area contributed by atoms with E-state index in [2.05, 4.69) is 25.9 Å². The summed E-state index contributed by atoms with van der Waals surface area (Å²) in [6.45, 7) is 0. The van der Waals surface area contributed by atoms with Crippen molar-refractivity contribution in [3.63, 3.8) is 0 Å². The van der Waals surface area contributed by atoms with Crippen molar-refractivity contribution >= 4 is 62.3 Å². The SMILES string of the molecule is Cn1c(N=Cc2cc(Cl)cc(Cl)c2O)nc2ccc(Br)cc21. The number of hydrogen-bond acceptors (Lipinski definition) is 3. The zero-order chi connectivity index (χ0) is 15.9. The zero-order valence-corrected chi connectivity index (χ0v) is 14.5. The Morgan fingerprint density at radius 1 is 1.27 bits per heavy atom. The van der Waals surface area contributed by atoms with Crippen LogP contribution in [0, 0.1) is 0 Å². The predicted molar refractivity (Wildman–Crippen MR) is 93.8 cm³/mol. The standard InChI is InChI=1S/C15H10BrCl2N3O/c1-21-13-5-9(16)2-3-12(13)20-15(21)19-7-8-4-10(17)6-11(18)14(8)22/h2-7,22H,1H3. The third-order valence-corrected chi connectivity index (χ3v) is 4.20.